The van der Waals surface area contributed by atoms with E-state index in [1.54, 1.807) is 35.2 Å². The summed E-state index contributed by atoms with van der Waals surface area (Å²) in [4.78, 5) is 38.8. The normalized spacial score (nSPS) is 13.9. The highest BCUT2D eigenvalue weighted by molar-refractivity contribution is 5.96. The summed E-state index contributed by atoms with van der Waals surface area (Å²) in [5.41, 5.74) is 2.31. The Kier molecular flexibility index (Phi) is 6.81. The topological polar surface area (TPSA) is 99.5 Å². The standard InChI is InChI=1S/C23H23N3O4/c1-16-6-2-4-8-19(16)22(28)26-12-10-17(11-13-26)23(29)30-15-21(27)25-20-9-5-3-7-18(20)14-24/h2-9,17H,10-13,15H2,1H3,(H,25,27). The molecule has 0 radical (unpaired) electrons. The molecule has 1 N–H and O–H groups in total. The van der Waals surface area contributed by atoms with E-state index in [1.807, 2.05) is 31.2 Å². The second-order valence-corrected chi connectivity index (χ2v) is 7.19. The molecule has 7 heteroatoms. The molecule has 0 aromatic heterocycles. The first-order chi connectivity index (χ1) is 14.5. The number of nitriles is 1. The average Bonchev–Trinajstić information content (AvgIpc) is 2.78. The van der Waals surface area contributed by atoms with Crippen LogP contribution in [0.15, 0.2) is 48.5 Å². The molecule has 2 aromatic rings. The lowest BCUT2D eigenvalue weighted by molar-refractivity contribution is -0.152. The van der Waals surface area contributed by atoms with Crippen molar-refractivity contribution < 1.29 is 19.1 Å². The van der Waals surface area contributed by atoms with Gasteiger partial charge in [0.1, 0.15) is 6.07 Å². The Labute approximate surface area is 175 Å². The van der Waals surface area contributed by atoms with E-state index in [0.717, 1.165) is 5.56 Å². The van der Waals surface area contributed by atoms with Crippen LogP contribution in [0.4, 0.5) is 5.69 Å². The molecule has 154 valence electrons. The predicted molar refractivity (Wildman–Crippen MR) is 111 cm³/mol. The molecule has 30 heavy (non-hydrogen) atoms. The number of nitrogens with one attached hydrogen (secondary N) is 1. The van der Waals surface area contributed by atoms with Crippen molar-refractivity contribution in [2.24, 2.45) is 5.92 Å². The second-order valence-electron chi connectivity index (χ2n) is 7.19. The summed E-state index contributed by atoms with van der Waals surface area (Å²) in [6, 6.07) is 16.0. The van der Waals surface area contributed by atoms with Crippen LogP contribution in [-0.4, -0.2) is 42.4 Å². The van der Waals surface area contributed by atoms with Gasteiger partial charge in [0.05, 0.1) is 17.2 Å². The minimum Gasteiger partial charge on any atom is -0.455 e. The van der Waals surface area contributed by atoms with Gasteiger partial charge in [-0.15, -0.1) is 0 Å². The lowest BCUT2D eigenvalue weighted by atomic mass is 9.96. The van der Waals surface area contributed by atoms with Crippen molar-refractivity contribution in [3.8, 4) is 6.07 Å². The van der Waals surface area contributed by atoms with E-state index in [4.69, 9.17) is 10.00 Å². The second kappa shape index (κ2) is 9.70. The molecule has 0 atom stereocenters. The first-order valence-electron chi connectivity index (χ1n) is 9.80. The molecule has 7 nitrogen and oxygen atoms in total. The third-order valence-corrected chi connectivity index (χ3v) is 5.16. The number of carbonyl (C=O) groups excluding carboxylic acids is 3. The van der Waals surface area contributed by atoms with Crippen molar-refractivity contribution in [3.05, 3.63) is 65.2 Å². The summed E-state index contributed by atoms with van der Waals surface area (Å²) in [6.45, 7) is 2.42. The third kappa shape index (κ3) is 5.03. The first kappa shape index (κ1) is 21.1. The molecule has 2 aromatic carbocycles. The van der Waals surface area contributed by atoms with Gasteiger partial charge in [0.25, 0.3) is 11.8 Å². The van der Waals surface area contributed by atoms with Gasteiger partial charge in [-0.25, -0.2) is 0 Å². The molecule has 2 amide bonds. The number of esters is 1. The number of anilines is 1. The van der Waals surface area contributed by atoms with Crippen molar-refractivity contribution >= 4 is 23.5 Å². The van der Waals surface area contributed by atoms with E-state index < -0.39 is 18.5 Å². The van der Waals surface area contributed by atoms with Crippen molar-refractivity contribution in [1.82, 2.24) is 4.90 Å². The number of carbonyl (C=O) groups is 3. The smallest absolute Gasteiger partial charge is 0.309 e. The fourth-order valence-corrected chi connectivity index (χ4v) is 3.43. The van der Waals surface area contributed by atoms with Crippen LogP contribution < -0.4 is 5.32 Å². The Balaban J connectivity index is 1.46. The van der Waals surface area contributed by atoms with Gasteiger partial charge in [0.15, 0.2) is 6.61 Å². The summed E-state index contributed by atoms with van der Waals surface area (Å²) < 4.78 is 5.15. The summed E-state index contributed by atoms with van der Waals surface area (Å²) in [5, 5.41) is 11.6. The Bertz CT molecular complexity index is 988. The van der Waals surface area contributed by atoms with Gasteiger partial charge in [-0.05, 0) is 43.5 Å². The highest BCUT2D eigenvalue weighted by atomic mass is 16.5. The molecule has 1 aliphatic heterocycles. The van der Waals surface area contributed by atoms with Crippen LogP contribution in [0.3, 0.4) is 0 Å². The number of rotatable bonds is 5. The number of piperidine rings is 1. The number of hydrogen-bond donors (Lipinski definition) is 1. The van der Waals surface area contributed by atoms with Crippen molar-refractivity contribution in [2.75, 3.05) is 25.0 Å². The number of hydrogen-bond acceptors (Lipinski definition) is 5. The molecule has 1 fully saturated rings. The van der Waals surface area contributed by atoms with E-state index >= 15 is 0 Å². The fourth-order valence-electron chi connectivity index (χ4n) is 3.43. The number of nitrogens with zero attached hydrogens (tertiary/aromatic N) is 2. The van der Waals surface area contributed by atoms with Crippen molar-refractivity contribution in [1.29, 1.82) is 5.26 Å². The molecule has 0 aliphatic carbocycles. The van der Waals surface area contributed by atoms with E-state index in [1.165, 1.54) is 0 Å². The van der Waals surface area contributed by atoms with Crippen molar-refractivity contribution in [3.63, 3.8) is 0 Å². The molecule has 0 saturated carbocycles. The van der Waals surface area contributed by atoms with Gasteiger partial charge >= 0.3 is 5.97 Å². The largest absolute Gasteiger partial charge is 0.455 e. The highest BCUT2D eigenvalue weighted by Gasteiger charge is 2.29. The van der Waals surface area contributed by atoms with E-state index in [0.29, 0.717) is 42.7 Å². The molecule has 0 unspecified atom stereocenters. The summed E-state index contributed by atoms with van der Waals surface area (Å²) >= 11 is 0. The molecule has 1 aliphatic rings. The zero-order valence-corrected chi connectivity index (χ0v) is 16.8. The number of amides is 2. The number of ether oxygens (including phenoxy) is 1. The minimum atomic E-state index is -0.502. The number of aryl methyl sites for hydroxylation is 1. The zero-order valence-electron chi connectivity index (χ0n) is 16.8. The average molecular weight is 405 g/mol. The van der Waals surface area contributed by atoms with Crippen LogP contribution in [0.25, 0.3) is 0 Å². The van der Waals surface area contributed by atoms with Gasteiger partial charge in [-0.3, -0.25) is 14.4 Å². The number of para-hydroxylation sites is 1. The Morgan fingerprint density at radius 2 is 1.77 bits per heavy atom. The Hall–Kier alpha value is -3.66. The molecule has 3 rings (SSSR count). The van der Waals surface area contributed by atoms with Crippen LogP contribution in [-0.2, 0) is 14.3 Å². The molecule has 0 bridgehead atoms. The van der Waals surface area contributed by atoms with Crippen LogP contribution >= 0.6 is 0 Å². The number of benzene rings is 2. The minimum absolute atomic E-state index is 0.0320. The number of likely N-dealkylation sites (tertiary alicyclic amines) is 1. The Morgan fingerprint density at radius 3 is 2.47 bits per heavy atom. The molecular weight excluding hydrogens is 382 g/mol. The van der Waals surface area contributed by atoms with Gasteiger partial charge < -0.3 is 15.0 Å². The van der Waals surface area contributed by atoms with Gasteiger partial charge in [-0.2, -0.15) is 5.26 Å². The SMILES string of the molecule is Cc1ccccc1C(=O)N1CCC(C(=O)OCC(=O)Nc2ccccc2C#N)CC1. The van der Waals surface area contributed by atoms with E-state index in [-0.39, 0.29) is 11.8 Å². The van der Waals surface area contributed by atoms with Crippen LogP contribution in [0.1, 0.15) is 34.3 Å². The van der Waals surface area contributed by atoms with Crippen molar-refractivity contribution in [2.45, 2.75) is 19.8 Å². The molecule has 1 heterocycles. The maximum Gasteiger partial charge on any atom is 0.309 e. The zero-order chi connectivity index (χ0) is 21.5. The lowest BCUT2D eigenvalue weighted by Gasteiger charge is -2.31. The maximum atomic E-state index is 12.7. The van der Waals surface area contributed by atoms with Gasteiger partial charge in [0.2, 0.25) is 0 Å². The van der Waals surface area contributed by atoms with E-state index in [9.17, 15) is 14.4 Å². The summed E-state index contributed by atoms with van der Waals surface area (Å²) in [5.74, 6) is -1.32. The quantitative estimate of drug-likeness (QED) is 0.771. The predicted octanol–water partition coefficient (Wildman–Crippen LogP) is 2.90. The van der Waals surface area contributed by atoms with Gasteiger partial charge in [-0.1, -0.05) is 30.3 Å². The monoisotopic (exact) mass is 405 g/mol. The molecule has 1 saturated heterocycles. The van der Waals surface area contributed by atoms with E-state index in [2.05, 4.69) is 5.32 Å². The molecular formula is C23H23N3O4. The first-order valence-corrected chi connectivity index (χ1v) is 9.80. The van der Waals surface area contributed by atoms with Gasteiger partial charge in [0, 0.05) is 18.7 Å². The maximum absolute atomic E-state index is 12.7. The third-order valence-electron chi connectivity index (χ3n) is 5.16. The lowest BCUT2D eigenvalue weighted by Crippen LogP contribution is -2.41. The van der Waals surface area contributed by atoms with Crippen LogP contribution in [0, 0.1) is 24.2 Å². The molecule has 0 spiro atoms. The summed E-state index contributed by atoms with van der Waals surface area (Å²) in [7, 11) is 0. The summed E-state index contributed by atoms with van der Waals surface area (Å²) in [6.07, 6.45) is 0.991. The Morgan fingerprint density at radius 1 is 1.10 bits per heavy atom. The fraction of sp³-hybridized carbons (Fsp3) is 0.304. The van der Waals surface area contributed by atoms with Crippen LogP contribution in [0.2, 0.25) is 0 Å². The highest BCUT2D eigenvalue weighted by Crippen LogP contribution is 2.21. The van der Waals surface area contributed by atoms with Crippen LogP contribution in [0.5, 0.6) is 0 Å².